The second-order valence-electron chi connectivity index (χ2n) is 4.67. The molecule has 0 saturated heterocycles. The van der Waals surface area contributed by atoms with Crippen molar-refractivity contribution in [2.24, 2.45) is 0 Å². The predicted octanol–water partition coefficient (Wildman–Crippen LogP) is 2.59. The third-order valence-electron chi connectivity index (χ3n) is 2.80. The van der Waals surface area contributed by atoms with Gasteiger partial charge in [-0.1, -0.05) is 17.7 Å². The molecule has 0 aromatic heterocycles. The van der Waals surface area contributed by atoms with Crippen LogP contribution in [-0.2, 0) is 6.54 Å². The number of rotatable bonds is 7. The van der Waals surface area contributed by atoms with Crippen LogP contribution in [0.1, 0.15) is 12.0 Å². The fourth-order valence-corrected chi connectivity index (χ4v) is 1.99. The van der Waals surface area contributed by atoms with Crippen molar-refractivity contribution in [2.45, 2.75) is 25.2 Å². The van der Waals surface area contributed by atoms with E-state index in [1.54, 1.807) is 0 Å². The normalized spacial score (nSPS) is 13.7. The van der Waals surface area contributed by atoms with Gasteiger partial charge in [0, 0.05) is 24.7 Å². The minimum atomic E-state index is -4.32. The van der Waals surface area contributed by atoms with Crippen molar-refractivity contribution in [1.29, 1.82) is 0 Å². The molecule has 0 fully saturated rings. The van der Waals surface area contributed by atoms with Crippen molar-refractivity contribution in [2.75, 3.05) is 19.7 Å². The van der Waals surface area contributed by atoms with Crippen LogP contribution in [0.5, 0.6) is 0 Å². The molecule has 0 heterocycles. The first kappa shape index (κ1) is 18.2. The molecule has 0 aliphatic heterocycles. The highest BCUT2D eigenvalue weighted by atomic mass is 35.5. The topological polar surface area (TPSA) is 43.7 Å². The molecule has 3 nitrogen and oxygen atoms in total. The molecular weight excluding hydrogens is 314 g/mol. The quantitative estimate of drug-likeness (QED) is 0.756. The molecule has 0 radical (unpaired) electrons. The zero-order valence-electron chi connectivity index (χ0n) is 11.1. The first-order valence-corrected chi connectivity index (χ1v) is 6.61. The molecule has 0 amide bonds. The van der Waals surface area contributed by atoms with Crippen molar-refractivity contribution in [1.82, 2.24) is 4.90 Å². The Kier molecular flexibility index (Phi) is 6.86. The van der Waals surface area contributed by atoms with Gasteiger partial charge in [0.25, 0.3) is 0 Å². The van der Waals surface area contributed by atoms with Crippen molar-refractivity contribution in [3.63, 3.8) is 0 Å². The highest BCUT2D eigenvalue weighted by Crippen LogP contribution is 2.22. The van der Waals surface area contributed by atoms with Gasteiger partial charge in [-0.15, -0.1) is 0 Å². The molecule has 120 valence electrons. The van der Waals surface area contributed by atoms with Gasteiger partial charge in [0.05, 0.1) is 19.1 Å². The van der Waals surface area contributed by atoms with E-state index in [1.165, 1.54) is 11.0 Å². The number of hydrogen-bond donors (Lipinski definition) is 2. The Morgan fingerprint density at radius 2 is 1.95 bits per heavy atom. The average molecular weight is 330 g/mol. The molecule has 21 heavy (non-hydrogen) atoms. The van der Waals surface area contributed by atoms with Crippen molar-refractivity contribution in [3.8, 4) is 0 Å². The molecule has 0 saturated carbocycles. The van der Waals surface area contributed by atoms with Gasteiger partial charge in [-0.2, -0.15) is 13.2 Å². The molecule has 1 rings (SSSR count). The molecule has 0 spiro atoms. The molecule has 2 N–H and O–H groups in total. The number of aliphatic hydroxyl groups excluding tert-OH is 2. The van der Waals surface area contributed by atoms with Gasteiger partial charge in [0.1, 0.15) is 5.82 Å². The largest absolute Gasteiger partial charge is 0.394 e. The molecule has 1 aromatic rings. The highest BCUT2D eigenvalue weighted by Gasteiger charge is 2.28. The van der Waals surface area contributed by atoms with Gasteiger partial charge in [0.2, 0.25) is 0 Å². The maximum Gasteiger partial charge on any atom is 0.390 e. The number of aliphatic hydroxyl groups is 2. The molecule has 0 unspecified atom stereocenters. The molecule has 8 heteroatoms. The van der Waals surface area contributed by atoms with E-state index in [0.717, 1.165) is 12.1 Å². The van der Waals surface area contributed by atoms with E-state index in [2.05, 4.69) is 0 Å². The first-order chi connectivity index (χ1) is 9.71. The van der Waals surface area contributed by atoms with Gasteiger partial charge >= 0.3 is 6.18 Å². The summed E-state index contributed by atoms with van der Waals surface area (Å²) in [6.45, 7) is -1.03. The Balaban J connectivity index is 2.75. The lowest BCUT2D eigenvalue weighted by atomic mass is 10.2. The smallest absolute Gasteiger partial charge is 0.390 e. The SMILES string of the molecule is OC[C@@H](O)CN(CCC(F)(F)F)Cc1ccc(F)cc1Cl. The lowest BCUT2D eigenvalue weighted by Crippen LogP contribution is -2.36. The standard InChI is InChI=1S/C13H16ClF4NO2/c14-12-5-10(15)2-1-9(12)6-19(7-11(21)8-20)4-3-13(16,17)18/h1-2,5,11,20-21H,3-4,6-8H2/t11-/m0/s1. The molecule has 0 aliphatic rings. The molecule has 0 aliphatic carbocycles. The van der Waals surface area contributed by atoms with Crippen LogP contribution in [0, 0.1) is 5.82 Å². The highest BCUT2D eigenvalue weighted by molar-refractivity contribution is 6.31. The van der Waals surface area contributed by atoms with E-state index in [4.69, 9.17) is 16.7 Å². The lowest BCUT2D eigenvalue weighted by Gasteiger charge is -2.25. The summed E-state index contributed by atoms with van der Waals surface area (Å²) in [6.07, 6.45) is -6.53. The van der Waals surface area contributed by atoms with Gasteiger partial charge in [0.15, 0.2) is 0 Å². The van der Waals surface area contributed by atoms with Crippen LogP contribution in [0.3, 0.4) is 0 Å². The molecular formula is C13H16ClF4NO2. The zero-order valence-corrected chi connectivity index (χ0v) is 11.8. The summed E-state index contributed by atoms with van der Waals surface area (Å²) in [5, 5.41) is 18.3. The third kappa shape index (κ3) is 7.08. The van der Waals surface area contributed by atoms with E-state index >= 15 is 0 Å². The summed E-state index contributed by atoms with van der Waals surface area (Å²) >= 11 is 5.83. The van der Waals surface area contributed by atoms with Crippen LogP contribution in [0.15, 0.2) is 18.2 Å². The Morgan fingerprint density at radius 1 is 1.29 bits per heavy atom. The van der Waals surface area contributed by atoms with Crippen LogP contribution < -0.4 is 0 Å². The van der Waals surface area contributed by atoms with Crippen molar-refractivity contribution in [3.05, 3.63) is 34.6 Å². The van der Waals surface area contributed by atoms with Crippen LogP contribution in [0.25, 0.3) is 0 Å². The number of alkyl halides is 3. The Labute approximate surface area is 124 Å². The minimum Gasteiger partial charge on any atom is -0.394 e. The van der Waals surface area contributed by atoms with Crippen molar-refractivity contribution < 1.29 is 27.8 Å². The van der Waals surface area contributed by atoms with E-state index < -0.39 is 31.1 Å². The summed E-state index contributed by atoms with van der Waals surface area (Å²) in [4.78, 5) is 1.31. The number of nitrogens with zero attached hydrogens (tertiary/aromatic N) is 1. The minimum absolute atomic E-state index is 0.0201. The Bertz CT molecular complexity index is 456. The second kappa shape index (κ2) is 7.93. The molecule has 0 bridgehead atoms. The zero-order chi connectivity index (χ0) is 16.0. The van der Waals surface area contributed by atoms with Crippen LogP contribution in [0.2, 0.25) is 5.02 Å². The van der Waals surface area contributed by atoms with Gasteiger partial charge < -0.3 is 10.2 Å². The maximum atomic E-state index is 12.9. The predicted molar refractivity (Wildman–Crippen MR) is 70.5 cm³/mol. The van der Waals surface area contributed by atoms with Crippen LogP contribution in [0.4, 0.5) is 17.6 Å². The average Bonchev–Trinajstić information content (AvgIpc) is 2.38. The maximum absolute atomic E-state index is 12.9. The number of halogens is 5. The second-order valence-corrected chi connectivity index (χ2v) is 5.08. The summed E-state index contributed by atoms with van der Waals surface area (Å²) in [7, 11) is 0. The van der Waals surface area contributed by atoms with Crippen LogP contribution >= 0.6 is 11.6 Å². The monoisotopic (exact) mass is 329 g/mol. The summed E-state index contributed by atoms with van der Waals surface area (Å²) in [6, 6.07) is 3.61. The fraction of sp³-hybridized carbons (Fsp3) is 0.538. The summed E-state index contributed by atoms with van der Waals surface area (Å²) < 4.78 is 49.8. The summed E-state index contributed by atoms with van der Waals surface area (Å²) in [5.41, 5.74) is 0.449. The molecule has 1 aromatic carbocycles. The van der Waals surface area contributed by atoms with E-state index in [0.29, 0.717) is 5.56 Å². The van der Waals surface area contributed by atoms with Crippen molar-refractivity contribution >= 4 is 11.6 Å². The molecule has 1 atom stereocenters. The Morgan fingerprint density at radius 3 is 2.48 bits per heavy atom. The van der Waals surface area contributed by atoms with E-state index in [9.17, 15) is 22.7 Å². The van der Waals surface area contributed by atoms with E-state index in [1.807, 2.05) is 0 Å². The third-order valence-corrected chi connectivity index (χ3v) is 3.15. The van der Waals surface area contributed by atoms with Crippen LogP contribution in [-0.4, -0.2) is 47.1 Å². The summed E-state index contributed by atoms with van der Waals surface area (Å²) in [5.74, 6) is -0.541. The Hall–Kier alpha value is -0.890. The lowest BCUT2D eigenvalue weighted by molar-refractivity contribution is -0.139. The van der Waals surface area contributed by atoms with Gasteiger partial charge in [-0.3, -0.25) is 4.90 Å². The number of hydrogen-bond acceptors (Lipinski definition) is 3. The van der Waals surface area contributed by atoms with Gasteiger partial charge in [-0.05, 0) is 17.7 Å². The first-order valence-electron chi connectivity index (χ1n) is 6.23. The van der Waals surface area contributed by atoms with Gasteiger partial charge in [-0.25, -0.2) is 4.39 Å². The van der Waals surface area contributed by atoms with E-state index in [-0.39, 0.29) is 24.7 Å². The fourth-order valence-electron chi connectivity index (χ4n) is 1.77. The number of benzene rings is 1.